The molecular weight excluding hydrogens is 246 g/mol. The Morgan fingerprint density at radius 1 is 1.17 bits per heavy atom. The zero-order valence-electron chi connectivity index (χ0n) is 10.1. The van der Waals surface area contributed by atoms with E-state index in [-0.39, 0.29) is 24.4 Å². The lowest BCUT2D eigenvalue weighted by Crippen LogP contribution is -2.07. The average molecular weight is 259 g/mol. The Morgan fingerprint density at radius 3 is 2.61 bits per heavy atom. The lowest BCUT2D eigenvalue weighted by Gasteiger charge is -2.02. The van der Waals surface area contributed by atoms with Gasteiger partial charge in [-0.3, -0.25) is 14.6 Å². The molecule has 18 heavy (non-hydrogen) atoms. The molecule has 0 aliphatic rings. The fraction of sp³-hybridized carbons (Fsp3) is 0.214. The van der Waals surface area contributed by atoms with E-state index in [1.165, 1.54) is 11.3 Å². The summed E-state index contributed by atoms with van der Waals surface area (Å²) >= 11 is 1.41. The van der Waals surface area contributed by atoms with Crippen molar-refractivity contribution >= 4 is 22.9 Å². The Labute approximate surface area is 109 Å². The Hall–Kier alpha value is -1.81. The fourth-order valence-electron chi connectivity index (χ4n) is 1.68. The summed E-state index contributed by atoms with van der Waals surface area (Å²) in [6, 6.07) is 7.26. The maximum atomic E-state index is 11.9. The van der Waals surface area contributed by atoms with Crippen molar-refractivity contribution < 1.29 is 9.59 Å². The van der Waals surface area contributed by atoms with Gasteiger partial charge in [-0.15, -0.1) is 11.3 Å². The summed E-state index contributed by atoms with van der Waals surface area (Å²) in [5, 5.41) is 1.86. The first kappa shape index (κ1) is 12.6. The highest BCUT2D eigenvalue weighted by Crippen LogP contribution is 2.14. The van der Waals surface area contributed by atoms with Gasteiger partial charge in [-0.05, 0) is 30.0 Å². The minimum Gasteiger partial charge on any atom is -0.293 e. The molecule has 0 atom stereocenters. The molecule has 0 bridgehead atoms. The molecule has 3 nitrogen and oxygen atoms in total. The number of ketones is 2. The predicted octanol–water partition coefficient (Wildman–Crippen LogP) is 3.30. The SMILES string of the molecule is Cc1cccnc1C(=O)CCC(=O)c1cccs1. The van der Waals surface area contributed by atoms with Crippen LogP contribution in [-0.2, 0) is 0 Å². The number of hydrogen-bond acceptors (Lipinski definition) is 4. The summed E-state index contributed by atoms with van der Waals surface area (Å²) < 4.78 is 0. The number of aryl methyl sites for hydroxylation is 1. The molecule has 2 aromatic rings. The van der Waals surface area contributed by atoms with Gasteiger partial charge in [0.05, 0.1) is 4.88 Å². The van der Waals surface area contributed by atoms with Crippen LogP contribution in [0.15, 0.2) is 35.8 Å². The minimum atomic E-state index is -0.0713. The van der Waals surface area contributed by atoms with Crippen molar-refractivity contribution in [1.82, 2.24) is 4.98 Å². The molecule has 92 valence electrons. The topological polar surface area (TPSA) is 47.0 Å². The Kier molecular flexibility index (Phi) is 3.99. The molecule has 0 spiro atoms. The van der Waals surface area contributed by atoms with Gasteiger partial charge in [-0.2, -0.15) is 0 Å². The van der Waals surface area contributed by atoms with Crippen LogP contribution in [0.1, 0.15) is 38.6 Å². The standard InChI is InChI=1S/C14H13NO2S/c1-10-4-2-8-15-14(10)12(17)7-6-11(16)13-5-3-9-18-13/h2-5,8-9H,6-7H2,1H3. The van der Waals surface area contributed by atoms with E-state index < -0.39 is 0 Å². The quantitative estimate of drug-likeness (QED) is 0.774. The van der Waals surface area contributed by atoms with Crippen LogP contribution < -0.4 is 0 Å². The summed E-state index contributed by atoms with van der Waals surface area (Å²) in [5.74, 6) is -0.0510. The molecule has 0 aliphatic carbocycles. The summed E-state index contributed by atoms with van der Waals surface area (Å²) in [7, 11) is 0. The van der Waals surface area contributed by atoms with Crippen LogP contribution in [0.5, 0.6) is 0 Å². The van der Waals surface area contributed by atoms with Gasteiger partial charge in [0.15, 0.2) is 11.6 Å². The Morgan fingerprint density at radius 2 is 1.94 bits per heavy atom. The molecular formula is C14H13NO2S. The minimum absolute atomic E-state index is 0.0203. The van der Waals surface area contributed by atoms with Gasteiger partial charge in [0.2, 0.25) is 0 Å². The Bertz CT molecular complexity index is 561. The molecule has 0 fully saturated rings. The zero-order chi connectivity index (χ0) is 13.0. The van der Waals surface area contributed by atoms with Crippen molar-refractivity contribution in [2.45, 2.75) is 19.8 Å². The van der Waals surface area contributed by atoms with Gasteiger partial charge < -0.3 is 0 Å². The van der Waals surface area contributed by atoms with Crippen LogP contribution in [0.2, 0.25) is 0 Å². The van der Waals surface area contributed by atoms with Crippen LogP contribution in [-0.4, -0.2) is 16.6 Å². The molecule has 0 unspecified atom stereocenters. The molecule has 0 saturated heterocycles. The number of carbonyl (C=O) groups is 2. The maximum absolute atomic E-state index is 11.9. The molecule has 2 aromatic heterocycles. The predicted molar refractivity (Wildman–Crippen MR) is 71.2 cm³/mol. The van der Waals surface area contributed by atoms with Gasteiger partial charge in [-0.1, -0.05) is 12.1 Å². The van der Waals surface area contributed by atoms with E-state index in [2.05, 4.69) is 4.98 Å². The number of pyridine rings is 1. The van der Waals surface area contributed by atoms with Gasteiger partial charge >= 0.3 is 0 Å². The fourth-order valence-corrected chi connectivity index (χ4v) is 2.38. The number of Topliss-reactive ketones (excluding diaryl/α,β-unsaturated/α-hetero) is 2. The molecule has 2 rings (SSSR count). The Balaban J connectivity index is 1.97. The molecule has 0 N–H and O–H groups in total. The van der Waals surface area contributed by atoms with Crippen molar-refractivity contribution in [3.8, 4) is 0 Å². The third-order valence-corrected chi connectivity index (χ3v) is 3.56. The summed E-state index contributed by atoms with van der Waals surface area (Å²) in [6.07, 6.45) is 2.06. The molecule has 0 saturated carbocycles. The summed E-state index contributed by atoms with van der Waals surface area (Å²) in [6.45, 7) is 1.85. The summed E-state index contributed by atoms with van der Waals surface area (Å²) in [4.78, 5) is 28.5. The monoisotopic (exact) mass is 259 g/mol. The average Bonchev–Trinajstić information content (AvgIpc) is 2.90. The highest BCUT2D eigenvalue weighted by Gasteiger charge is 2.13. The first-order chi connectivity index (χ1) is 8.68. The first-order valence-electron chi connectivity index (χ1n) is 5.70. The van der Waals surface area contributed by atoms with E-state index in [1.54, 1.807) is 18.3 Å². The van der Waals surface area contributed by atoms with Crippen LogP contribution in [0.3, 0.4) is 0 Å². The normalized spacial score (nSPS) is 10.3. The van der Waals surface area contributed by atoms with E-state index in [1.807, 2.05) is 24.4 Å². The number of thiophene rings is 1. The number of nitrogens with zero attached hydrogens (tertiary/aromatic N) is 1. The third kappa shape index (κ3) is 2.90. The van der Waals surface area contributed by atoms with Crippen molar-refractivity contribution in [1.29, 1.82) is 0 Å². The van der Waals surface area contributed by atoms with Crippen LogP contribution >= 0.6 is 11.3 Å². The number of rotatable bonds is 5. The summed E-state index contributed by atoms with van der Waals surface area (Å²) in [5.41, 5.74) is 1.32. The molecule has 0 aromatic carbocycles. The largest absolute Gasteiger partial charge is 0.293 e. The van der Waals surface area contributed by atoms with Crippen molar-refractivity contribution in [2.24, 2.45) is 0 Å². The maximum Gasteiger partial charge on any atom is 0.181 e. The first-order valence-corrected chi connectivity index (χ1v) is 6.58. The molecule has 4 heteroatoms. The molecule has 0 aliphatic heterocycles. The zero-order valence-corrected chi connectivity index (χ0v) is 10.9. The number of carbonyl (C=O) groups excluding carboxylic acids is 2. The van der Waals surface area contributed by atoms with Crippen LogP contribution in [0.4, 0.5) is 0 Å². The third-order valence-electron chi connectivity index (χ3n) is 2.65. The molecule has 0 amide bonds. The highest BCUT2D eigenvalue weighted by atomic mass is 32.1. The smallest absolute Gasteiger partial charge is 0.181 e. The van der Waals surface area contributed by atoms with Gasteiger partial charge in [0, 0.05) is 19.0 Å². The second-order valence-corrected chi connectivity index (χ2v) is 4.94. The second kappa shape index (κ2) is 5.69. The van der Waals surface area contributed by atoms with Crippen molar-refractivity contribution in [2.75, 3.05) is 0 Å². The van der Waals surface area contributed by atoms with Crippen LogP contribution in [0, 0.1) is 6.92 Å². The second-order valence-electron chi connectivity index (χ2n) is 3.99. The van der Waals surface area contributed by atoms with E-state index in [0.29, 0.717) is 10.6 Å². The van der Waals surface area contributed by atoms with Gasteiger partial charge in [0.25, 0.3) is 0 Å². The van der Waals surface area contributed by atoms with Gasteiger partial charge in [-0.25, -0.2) is 0 Å². The lowest BCUT2D eigenvalue weighted by molar-refractivity contribution is 0.0916. The van der Waals surface area contributed by atoms with E-state index in [0.717, 1.165) is 5.56 Å². The number of hydrogen-bond donors (Lipinski definition) is 0. The van der Waals surface area contributed by atoms with Crippen LogP contribution in [0.25, 0.3) is 0 Å². The van der Waals surface area contributed by atoms with Crippen molar-refractivity contribution in [3.63, 3.8) is 0 Å². The van der Waals surface area contributed by atoms with E-state index in [4.69, 9.17) is 0 Å². The van der Waals surface area contributed by atoms with Crippen molar-refractivity contribution in [3.05, 3.63) is 52.0 Å². The highest BCUT2D eigenvalue weighted by molar-refractivity contribution is 7.12. The van der Waals surface area contributed by atoms with E-state index in [9.17, 15) is 9.59 Å². The van der Waals surface area contributed by atoms with E-state index >= 15 is 0 Å². The lowest BCUT2D eigenvalue weighted by atomic mass is 10.1. The van der Waals surface area contributed by atoms with Gasteiger partial charge in [0.1, 0.15) is 5.69 Å². The number of aromatic nitrogens is 1. The molecule has 0 radical (unpaired) electrons. The molecule has 2 heterocycles.